The molecule has 0 aliphatic heterocycles. The highest BCUT2D eigenvalue weighted by Gasteiger charge is 2.31. The van der Waals surface area contributed by atoms with Crippen LogP contribution in [0.3, 0.4) is 0 Å². The number of rotatable bonds is 5. The van der Waals surface area contributed by atoms with Gasteiger partial charge in [-0.15, -0.1) is 0 Å². The number of carboxylic acid groups (broad SMARTS) is 1. The van der Waals surface area contributed by atoms with E-state index in [1.54, 1.807) is 7.05 Å². The molecule has 0 aromatic carbocycles. The van der Waals surface area contributed by atoms with E-state index in [9.17, 15) is 14.4 Å². The van der Waals surface area contributed by atoms with E-state index in [1.807, 2.05) is 0 Å². The highest BCUT2D eigenvalue weighted by atomic mass is 16.4. The Morgan fingerprint density at radius 2 is 2.06 bits per heavy atom. The topological polar surface area (TPSA) is 113 Å². The highest BCUT2D eigenvalue weighted by Crippen LogP contribution is 2.25. The fourth-order valence-electron chi connectivity index (χ4n) is 1.28. The second-order valence-electron chi connectivity index (χ2n) is 3.85. The number of nitrogens with two attached hydrogens (primary N) is 1. The molecule has 1 fully saturated rings. The Labute approximate surface area is 92.6 Å². The second-order valence-corrected chi connectivity index (χ2v) is 3.85. The lowest BCUT2D eigenvalue weighted by Gasteiger charge is -2.20. The van der Waals surface area contributed by atoms with Crippen LogP contribution in [-0.2, 0) is 9.59 Å². The maximum atomic E-state index is 11.5. The monoisotopic (exact) mass is 229 g/mol. The van der Waals surface area contributed by atoms with Crippen molar-refractivity contribution in [2.75, 3.05) is 7.05 Å². The predicted molar refractivity (Wildman–Crippen MR) is 54.6 cm³/mol. The first-order valence-electron chi connectivity index (χ1n) is 4.96. The molecule has 7 heteroatoms. The molecule has 1 aliphatic rings. The Hall–Kier alpha value is -1.79. The number of carbonyl (C=O) groups excluding carboxylic acids is 2. The zero-order chi connectivity index (χ0) is 12.3. The number of carbonyl (C=O) groups is 3. The van der Waals surface area contributed by atoms with E-state index in [1.165, 1.54) is 4.90 Å². The van der Waals surface area contributed by atoms with Crippen LogP contribution in [0.15, 0.2) is 0 Å². The number of hydrogen-bond acceptors (Lipinski definition) is 3. The summed E-state index contributed by atoms with van der Waals surface area (Å²) < 4.78 is 0. The van der Waals surface area contributed by atoms with E-state index in [4.69, 9.17) is 10.8 Å². The minimum absolute atomic E-state index is 0.183. The quantitative estimate of drug-likeness (QED) is 0.568. The van der Waals surface area contributed by atoms with Crippen molar-refractivity contribution in [3.05, 3.63) is 0 Å². The molecule has 90 valence electrons. The van der Waals surface area contributed by atoms with Crippen molar-refractivity contribution in [3.8, 4) is 0 Å². The summed E-state index contributed by atoms with van der Waals surface area (Å²) in [6.07, 6.45) is 1.45. The SMILES string of the molecule is CN(C(=O)N[C@@H](CC(N)=O)C(=O)O)C1CC1. The van der Waals surface area contributed by atoms with E-state index in [0.29, 0.717) is 0 Å². The number of hydrogen-bond donors (Lipinski definition) is 3. The van der Waals surface area contributed by atoms with Crippen molar-refractivity contribution in [1.29, 1.82) is 0 Å². The fraction of sp³-hybridized carbons (Fsp3) is 0.667. The average molecular weight is 229 g/mol. The van der Waals surface area contributed by atoms with Gasteiger partial charge >= 0.3 is 12.0 Å². The normalized spacial score (nSPS) is 16.3. The van der Waals surface area contributed by atoms with E-state index in [-0.39, 0.29) is 6.04 Å². The molecule has 3 amide bonds. The third-order valence-corrected chi connectivity index (χ3v) is 2.42. The van der Waals surface area contributed by atoms with Crippen LogP contribution in [0.2, 0.25) is 0 Å². The Balaban J connectivity index is 2.49. The lowest BCUT2D eigenvalue weighted by atomic mass is 10.2. The zero-order valence-electron chi connectivity index (χ0n) is 8.97. The molecule has 16 heavy (non-hydrogen) atoms. The van der Waals surface area contributed by atoms with Crippen molar-refractivity contribution < 1.29 is 19.5 Å². The Morgan fingerprint density at radius 1 is 1.50 bits per heavy atom. The largest absolute Gasteiger partial charge is 0.480 e. The van der Waals surface area contributed by atoms with Gasteiger partial charge in [-0.05, 0) is 12.8 Å². The molecule has 0 aromatic heterocycles. The number of nitrogens with zero attached hydrogens (tertiary/aromatic N) is 1. The molecule has 1 aliphatic carbocycles. The van der Waals surface area contributed by atoms with Crippen molar-refractivity contribution in [3.63, 3.8) is 0 Å². The van der Waals surface area contributed by atoms with Gasteiger partial charge < -0.3 is 21.1 Å². The third-order valence-electron chi connectivity index (χ3n) is 2.42. The molecule has 0 radical (unpaired) electrons. The summed E-state index contributed by atoms with van der Waals surface area (Å²) in [6, 6.07) is -1.56. The van der Waals surface area contributed by atoms with Gasteiger partial charge in [-0.2, -0.15) is 0 Å². The fourth-order valence-corrected chi connectivity index (χ4v) is 1.28. The molecule has 7 nitrogen and oxygen atoms in total. The summed E-state index contributed by atoms with van der Waals surface area (Å²) >= 11 is 0. The van der Waals surface area contributed by atoms with Gasteiger partial charge in [0, 0.05) is 13.1 Å². The van der Waals surface area contributed by atoms with Gasteiger partial charge in [0.15, 0.2) is 0 Å². The number of aliphatic carboxylic acids is 1. The smallest absolute Gasteiger partial charge is 0.326 e. The Bertz CT molecular complexity index is 314. The average Bonchev–Trinajstić information content (AvgIpc) is 2.97. The number of primary amides is 1. The minimum Gasteiger partial charge on any atom is -0.480 e. The second kappa shape index (κ2) is 4.82. The molecule has 1 rings (SSSR count). The molecule has 0 aromatic rings. The maximum absolute atomic E-state index is 11.5. The summed E-state index contributed by atoms with van der Waals surface area (Å²) in [7, 11) is 1.59. The van der Waals surface area contributed by atoms with Crippen LogP contribution in [0.25, 0.3) is 0 Å². The Morgan fingerprint density at radius 3 is 2.44 bits per heavy atom. The summed E-state index contributed by atoms with van der Waals surface area (Å²) in [5, 5.41) is 11.0. The maximum Gasteiger partial charge on any atom is 0.326 e. The minimum atomic E-state index is -1.27. The molecular weight excluding hydrogens is 214 g/mol. The van der Waals surface area contributed by atoms with Gasteiger partial charge in [-0.3, -0.25) is 4.79 Å². The van der Waals surface area contributed by atoms with Crippen LogP contribution in [0, 0.1) is 0 Å². The van der Waals surface area contributed by atoms with Crippen LogP contribution < -0.4 is 11.1 Å². The molecule has 0 unspecified atom stereocenters. The van der Waals surface area contributed by atoms with E-state index in [0.717, 1.165) is 12.8 Å². The molecule has 1 atom stereocenters. The van der Waals surface area contributed by atoms with Crippen molar-refractivity contribution in [2.24, 2.45) is 5.73 Å². The summed E-state index contributed by atoms with van der Waals surface area (Å²) in [5.41, 5.74) is 4.89. The van der Waals surface area contributed by atoms with E-state index in [2.05, 4.69) is 5.32 Å². The van der Waals surface area contributed by atoms with Crippen LogP contribution >= 0.6 is 0 Å². The summed E-state index contributed by atoms with van der Waals surface area (Å²) in [5.74, 6) is -2.03. The van der Waals surface area contributed by atoms with E-state index >= 15 is 0 Å². The molecule has 0 spiro atoms. The lowest BCUT2D eigenvalue weighted by Crippen LogP contribution is -2.48. The highest BCUT2D eigenvalue weighted by molar-refractivity contribution is 5.87. The first kappa shape index (κ1) is 12.3. The number of urea groups is 1. The lowest BCUT2D eigenvalue weighted by molar-refractivity contribution is -0.140. The van der Waals surface area contributed by atoms with Crippen LogP contribution in [0.5, 0.6) is 0 Å². The Kier molecular flexibility index (Phi) is 3.70. The van der Waals surface area contributed by atoms with Gasteiger partial charge in [0.2, 0.25) is 5.91 Å². The molecule has 0 saturated heterocycles. The number of carboxylic acids is 1. The van der Waals surface area contributed by atoms with Gasteiger partial charge in [0.25, 0.3) is 0 Å². The summed E-state index contributed by atoms with van der Waals surface area (Å²) in [4.78, 5) is 34.3. The number of amides is 3. The molecule has 0 bridgehead atoms. The van der Waals surface area contributed by atoms with Crippen LogP contribution in [-0.4, -0.2) is 47.0 Å². The number of nitrogens with one attached hydrogen (secondary N) is 1. The summed E-state index contributed by atoms with van der Waals surface area (Å²) in [6.45, 7) is 0. The first-order chi connectivity index (χ1) is 7.41. The molecule has 1 saturated carbocycles. The van der Waals surface area contributed by atoms with Crippen molar-refractivity contribution >= 4 is 17.9 Å². The van der Waals surface area contributed by atoms with Crippen LogP contribution in [0.4, 0.5) is 4.79 Å². The van der Waals surface area contributed by atoms with Gasteiger partial charge in [-0.25, -0.2) is 9.59 Å². The third kappa shape index (κ3) is 3.41. The first-order valence-corrected chi connectivity index (χ1v) is 4.96. The van der Waals surface area contributed by atoms with Crippen molar-refractivity contribution in [2.45, 2.75) is 31.3 Å². The predicted octanol–water partition coefficient (Wildman–Crippen LogP) is -0.881. The van der Waals surface area contributed by atoms with Gasteiger partial charge in [-0.1, -0.05) is 0 Å². The van der Waals surface area contributed by atoms with E-state index < -0.39 is 30.4 Å². The standard InChI is InChI=1S/C9H15N3O4/c1-12(5-2-3-5)9(16)11-6(8(14)15)4-7(10)13/h5-6H,2-4H2,1H3,(H2,10,13)(H,11,16)(H,14,15)/t6-/m0/s1. The van der Waals surface area contributed by atoms with Crippen molar-refractivity contribution in [1.82, 2.24) is 10.2 Å². The van der Waals surface area contributed by atoms with Gasteiger partial charge in [0.05, 0.1) is 6.42 Å². The molecular formula is C9H15N3O4. The molecule has 4 N–H and O–H groups in total. The van der Waals surface area contributed by atoms with Crippen LogP contribution in [0.1, 0.15) is 19.3 Å². The molecule has 0 heterocycles. The zero-order valence-corrected chi connectivity index (χ0v) is 8.97. The van der Waals surface area contributed by atoms with Gasteiger partial charge in [0.1, 0.15) is 6.04 Å².